The second kappa shape index (κ2) is 16.4. The first kappa shape index (κ1) is 33.9. The third-order valence-electron chi connectivity index (χ3n) is 7.93. The van der Waals surface area contributed by atoms with Crippen molar-refractivity contribution in [3.8, 4) is 11.1 Å². The average molecular weight is 656 g/mol. The van der Waals surface area contributed by atoms with Gasteiger partial charge in [-0.25, -0.2) is 4.79 Å². The normalized spacial score (nSPS) is 17.6. The summed E-state index contributed by atoms with van der Waals surface area (Å²) in [7, 11) is 0. The molecule has 1 aliphatic heterocycles. The molecule has 3 atom stereocenters. The SMILES string of the molecule is O=C(O)CCCC(=O)NCc1ccccc1-c1ccc(C2OC(CSc3ccc(C(=O)O)cc3)CC(c3ccc(CO)cc3)O2)cc1. The number of rotatable bonds is 14. The fraction of sp³-hybridized carbons (Fsp3) is 0.270. The van der Waals surface area contributed by atoms with Crippen LogP contribution < -0.4 is 5.32 Å². The van der Waals surface area contributed by atoms with Gasteiger partial charge in [-0.2, -0.15) is 0 Å². The van der Waals surface area contributed by atoms with E-state index in [1.165, 1.54) is 0 Å². The molecule has 9 nitrogen and oxygen atoms in total. The minimum absolute atomic E-state index is 0.0356. The highest BCUT2D eigenvalue weighted by atomic mass is 32.2. The van der Waals surface area contributed by atoms with Crippen LogP contribution in [0.15, 0.2) is 102 Å². The summed E-state index contributed by atoms with van der Waals surface area (Å²) in [4.78, 5) is 35.2. The molecule has 0 aliphatic carbocycles. The Morgan fingerprint density at radius 1 is 0.809 bits per heavy atom. The lowest BCUT2D eigenvalue weighted by Gasteiger charge is -2.36. The molecule has 1 aliphatic rings. The molecule has 1 heterocycles. The lowest BCUT2D eigenvalue weighted by molar-refractivity contribution is -0.245. The molecule has 244 valence electrons. The number of carboxylic acids is 2. The number of aliphatic hydroxyl groups is 1. The first-order valence-electron chi connectivity index (χ1n) is 15.4. The number of hydrogen-bond donors (Lipinski definition) is 4. The van der Waals surface area contributed by atoms with Crippen molar-refractivity contribution in [1.29, 1.82) is 0 Å². The van der Waals surface area contributed by atoms with Crippen LogP contribution in [0.4, 0.5) is 0 Å². The number of carboxylic acid groups (broad SMARTS) is 2. The Morgan fingerprint density at radius 2 is 1.51 bits per heavy atom. The molecule has 0 spiro atoms. The van der Waals surface area contributed by atoms with Crippen LogP contribution in [0.25, 0.3) is 11.1 Å². The van der Waals surface area contributed by atoms with Crippen LogP contribution in [0.2, 0.25) is 0 Å². The maximum Gasteiger partial charge on any atom is 0.335 e. The first-order valence-corrected chi connectivity index (χ1v) is 16.4. The van der Waals surface area contributed by atoms with E-state index in [2.05, 4.69) is 5.32 Å². The Morgan fingerprint density at radius 3 is 2.19 bits per heavy atom. The maximum atomic E-state index is 12.3. The van der Waals surface area contributed by atoms with Crippen LogP contribution in [0, 0.1) is 0 Å². The van der Waals surface area contributed by atoms with Crippen LogP contribution in [0.3, 0.4) is 0 Å². The fourth-order valence-corrected chi connectivity index (χ4v) is 6.29. The number of aliphatic carboxylic acids is 1. The van der Waals surface area contributed by atoms with Gasteiger partial charge in [-0.3, -0.25) is 9.59 Å². The number of hydrogen-bond acceptors (Lipinski definition) is 7. The third kappa shape index (κ3) is 9.52. The number of aliphatic hydroxyl groups excluding tert-OH is 1. The van der Waals surface area contributed by atoms with Crippen molar-refractivity contribution < 1.29 is 39.2 Å². The predicted molar refractivity (Wildman–Crippen MR) is 178 cm³/mol. The van der Waals surface area contributed by atoms with E-state index in [9.17, 15) is 24.6 Å². The number of amides is 1. The summed E-state index contributed by atoms with van der Waals surface area (Å²) in [5.74, 6) is -1.42. The summed E-state index contributed by atoms with van der Waals surface area (Å²) in [5, 5.41) is 30.4. The van der Waals surface area contributed by atoms with Crippen molar-refractivity contribution in [2.45, 2.75) is 62.2 Å². The molecule has 5 rings (SSSR count). The third-order valence-corrected chi connectivity index (χ3v) is 9.08. The van der Waals surface area contributed by atoms with Crippen molar-refractivity contribution in [2.24, 2.45) is 0 Å². The Balaban J connectivity index is 1.29. The van der Waals surface area contributed by atoms with Gasteiger partial charge < -0.3 is 30.1 Å². The number of aromatic carboxylic acids is 1. The minimum Gasteiger partial charge on any atom is -0.481 e. The van der Waals surface area contributed by atoms with Crippen molar-refractivity contribution >= 4 is 29.6 Å². The van der Waals surface area contributed by atoms with E-state index in [1.54, 1.807) is 36.0 Å². The highest BCUT2D eigenvalue weighted by Crippen LogP contribution is 2.40. The quantitative estimate of drug-likeness (QED) is 0.109. The van der Waals surface area contributed by atoms with Crippen LogP contribution in [-0.2, 0) is 32.2 Å². The van der Waals surface area contributed by atoms with Crippen molar-refractivity contribution in [3.63, 3.8) is 0 Å². The van der Waals surface area contributed by atoms with Gasteiger partial charge in [-0.05, 0) is 58.5 Å². The highest BCUT2D eigenvalue weighted by molar-refractivity contribution is 7.99. The number of carbonyl (C=O) groups is 3. The molecule has 1 fully saturated rings. The fourth-order valence-electron chi connectivity index (χ4n) is 5.36. The second-order valence-corrected chi connectivity index (χ2v) is 12.4. The van der Waals surface area contributed by atoms with Gasteiger partial charge >= 0.3 is 11.9 Å². The molecule has 4 N–H and O–H groups in total. The first-order chi connectivity index (χ1) is 22.8. The van der Waals surface area contributed by atoms with E-state index in [4.69, 9.17) is 14.6 Å². The molecule has 0 aromatic heterocycles. The molecule has 0 bridgehead atoms. The van der Waals surface area contributed by atoms with E-state index in [0.717, 1.165) is 38.3 Å². The topological polar surface area (TPSA) is 142 Å². The van der Waals surface area contributed by atoms with Gasteiger partial charge in [0.15, 0.2) is 6.29 Å². The van der Waals surface area contributed by atoms with Crippen molar-refractivity contribution in [3.05, 3.63) is 125 Å². The van der Waals surface area contributed by atoms with E-state index < -0.39 is 18.2 Å². The van der Waals surface area contributed by atoms with Crippen LogP contribution >= 0.6 is 11.8 Å². The van der Waals surface area contributed by atoms with Gasteiger partial charge in [-0.15, -0.1) is 11.8 Å². The standard InChI is InChI=1S/C37H37NO8S/c39-22-24-8-10-26(11-9-24)33-20-30(23-47-31-18-16-27(17-19-31)36(43)44)45-37(46-33)28-14-12-25(13-15-28)32-5-2-1-4-29(32)21-38-34(40)6-3-7-35(41)42/h1-2,4-5,8-19,30,33,37,39H,3,6-7,20-23H2,(H,38,40)(H,41,42)(H,43,44). The molecule has 3 unspecified atom stereocenters. The summed E-state index contributed by atoms with van der Waals surface area (Å²) in [5.41, 5.74) is 5.79. The minimum atomic E-state index is -0.960. The Bertz CT molecular complexity index is 1660. The number of benzene rings is 4. The van der Waals surface area contributed by atoms with E-state index in [0.29, 0.717) is 25.1 Å². The van der Waals surface area contributed by atoms with Gasteiger partial charge in [0.05, 0.1) is 24.4 Å². The molecule has 1 saturated heterocycles. The number of nitrogens with one attached hydrogen (secondary N) is 1. The molecule has 0 radical (unpaired) electrons. The lowest BCUT2D eigenvalue weighted by Crippen LogP contribution is -2.31. The number of carbonyl (C=O) groups excluding carboxylic acids is 1. The molecule has 10 heteroatoms. The summed E-state index contributed by atoms with van der Waals surface area (Å²) >= 11 is 1.60. The zero-order valence-electron chi connectivity index (χ0n) is 25.7. The smallest absolute Gasteiger partial charge is 0.335 e. The van der Waals surface area contributed by atoms with E-state index >= 15 is 0 Å². The summed E-state index contributed by atoms with van der Waals surface area (Å²) in [6, 6.07) is 30.3. The molecular formula is C37H37NO8S. The van der Waals surface area contributed by atoms with Gasteiger partial charge in [-0.1, -0.05) is 72.8 Å². The van der Waals surface area contributed by atoms with Crippen LogP contribution in [0.1, 0.15) is 70.7 Å². The molecule has 1 amide bonds. The monoisotopic (exact) mass is 655 g/mol. The Labute approximate surface area is 277 Å². The Hall–Kier alpha value is -4.48. The van der Waals surface area contributed by atoms with E-state index in [1.807, 2.05) is 72.8 Å². The Kier molecular flexibility index (Phi) is 11.8. The maximum absolute atomic E-state index is 12.3. The molecular weight excluding hydrogens is 618 g/mol. The van der Waals surface area contributed by atoms with Gasteiger partial charge in [0, 0.05) is 42.0 Å². The van der Waals surface area contributed by atoms with Crippen molar-refractivity contribution in [1.82, 2.24) is 5.32 Å². The summed E-state index contributed by atoms with van der Waals surface area (Å²) < 4.78 is 13.0. The average Bonchev–Trinajstić information content (AvgIpc) is 3.10. The molecule has 47 heavy (non-hydrogen) atoms. The van der Waals surface area contributed by atoms with Gasteiger partial charge in [0.25, 0.3) is 0 Å². The number of ether oxygens (including phenoxy) is 2. The van der Waals surface area contributed by atoms with Crippen LogP contribution in [0.5, 0.6) is 0 Å². The lowest BCUT2D eigenvalue weighted by atomic mass is 9.97. The summed E-state index contributed by atoms with van der Waals surface area (Å²) in [6.07, 6.45) is 0.0328. The van der Waals surface area contributed by atoms with Crippen LogP contribution in [-0.4, -0.2) is 45.0 Å². The molecule has 4 aromatic rings. The van der Waals surface area contributed by atoms with Crippen molar-refractivity contribution in [2.75, 3.05) is 5.75 Å². The highest BCUT2D eigenvalue weighted by Gasteiger charge is 2.32. The molecule has 4 aromatic carbocycles. The van der Waals surface area contributed by atoms with Gasteiger partial charge in [0.1, 0.15) is 0 Å². The van der Waals surface area contributed by atoms with Gasteiger partial charge in [0.2, 0.25) is 5.91 Å². The largest absolute Gasteiger partial charge is 0.481 e. The summed E-state index contributed by atoms with van der Waals surface area (Å²) in [6.45, 7) is 0.292. The molecule has 0 saturated carbocycles. The number of thioether (sulfide) groups is 1. The zero-order chi connectivity index (χ0) is 33.2. The predicted octanol–water partition coefficient (Wildman–Crippen LogP) is 6.75. The zero-order valence-corrected chi connectivity index (χ0v) is 26.5. The van der Waals surface area contributed by atoms with E-state index in [-0.39, 0.29) is 43.1 Å². The second-order valence-electron chi connectivity index (χ2n) is 11.3.